The van der Waals surface area contributed by atoms with Crippen LogP contribution in [0.1, 0.15) is 62.7 Å². The predicted octanol–water partition coefficient (Wildman–Crippen LogP) is 2.67. The Morgan fingerprint density at radius 3 is 2.44 bits per heavy atom. The van der Waals surface area contributed by atoms with Crippen LogP contribution in [-0.2, 0) is 5.60 Å². The molecule has 0 bridgehead atoms. The molecule has 0 radical (unpaired) electrons. The Morgan fingerprint density at radius 1 is 1.25 bits per heavy atom. The molecule has 1 aromatic rings. The van der Waals surface area contributed by atoms with Gasteiger partial charge in [-0.05, 0) is 39.7 Å². The second kappa shape index (κ2) is 4.13. The predicted molar refractivity (Wildman–Crippen MR) is 63.2 cm³/mol. The highest BCUT2D eigenvalue weighted by Crippen LogP contribution is 2.33. The quantitative estimate of drug-likeness (QED) is 0.833. The van der Waals surface area contributed by atoms with Crippen LogP contribution < -0.4 is 0 Å². The summed E-state index contributed by atoms with van der Waals surface area (Å²) in [6, 6.07) is 2.06. The molecule has 1 heterocycles. The number of rotatable bonds is 2. The minimum atomic E-state index is -0.945. The third kappa shape index (κ3) is 2.40. The molecule has 0 unspecified atom stereocenters. The average molecular weight is 220 g/mol. The topological polar surface area (TPSA) is 46.0 Å². The van der Waals surface area contributed by atoms with Crippen molar-refractivity contribution < 1.29 is 5.11 Å². The van der Waals surface area contributed by atoms with E-state index in [1.165, 1.54) is 25.7 Å². The largest absolute Gasteiger partial charge is 0.382 e. The fourth-order valence-electron chi connectivity index (χ4n) is 2.30. The second-order valence-electron chi connectivity index (χ2n) is 5.30. The number of aryl methyl sites for hydroxylation is 1. The molecule has 3 heteroatoms. The Bertz CT molecular complexity index is 376. The lowest BCUT2D eigenvalue weighted by Gasteiger charge is -2.18. The maximum Gasteiger partial charge on any atom is 0.159 e. The van der Waals surface area contributed by atoms with E-state index in [9.17, 15) is 5.11 Å². The van der Waals surface area contributed by atoms with E-state index in [4.69, 9.17) is 0 Å². The Labute approximate surface area is 96.9 Å². The molecule has 1 N–H and O–H groups in total. The number of aliphatic hydroxyl groups is 1. The van der Waals surface area contributed by atoms with E-state index in [2.05, 4.69) is 16.0 Å². The molecule has 0 spiro atoms. The zero-order chi connectivity index (χ0) is 11.8. The minimum Gasteiger partial charge on any atom is -0.382 e. The van der Waals surface area contributed by atoms with Crippen LogP contribution in [0.5, 0.6) is 0 Å². The van der Waals surface area contributed by atoms with Crippen LogP contribution in [0.4, 0.5) is 0 Å². The molecule has 16 heavy (non-hydrogen) atoms. The molecular formula is C13H20N2O. The lowest BCUT2D eigenvalue weighted by molar-refractivity contribution is 0.0681. The lowest BCUT2D eigenvalue weighted by atomic mass is 10.0. The summed E-state index contributed by atoms with van der Waals surface area (Å²) in [5.74, 6) is 1.12. The molecular weight excluding hydrogens is 200 g/mol. The molecule has 0 amide bonds. The van der Waals surface area contributed by atoms with Gasteiger partial charge in [0, 0.05) is 17.3 Å². The first-order valence-electron chi connectivity index (χ1n) is 6.05. The molecule has 2 rings (SSSR count). The van der Waals surface area contributed by atoms with E-state index in [-0.39, 0.29) is 0 Å². The molecule has 0 aromatic carbocycles. The summed E-state index contributed by atoms with van der Waals surface area (Å²) in [7, 11) is 0. The maximum atomic E-state index is 9.96. The Balaban J connectivity index is 2.35. The first-order valence-corrected chi connectivity index (χ1v) is 6.05. The van der Waals surface area contributed by atoms with Gasteiger partial charge in [0.1, 0.15) is 5.60 Å². The van der Waals surface area contributed by atoms with Gasteiger partial charge in [0.2, 0.25) is 0 Å². The van der Waals surface area contributed by atoms with Gasteiger partial charge in [0.25, 0.3) is 0 Å². The molecule has 0 aliphatic heterocycles. The molecule has 1 aliphatic carbocycles. The summed E-state index contributed by atoms with van der Waals surface area (Å²) >= 11 is 0. The summed E-state index contributed by atoms with van der Waals surface area (Å²) in [4.78, 5) is 8.84. The van der Waals surface area contributed by atoms with Crippen molar-refractivity contribution in [3.63, 3.8) is 0 Å². The highest BCUT2D eigenvalue weighted by molar-refractivity contribution is 5.17. The second-order valence-corrected chi connectivity index (χ2v) is 5.30. The van der Waals surface area contributed by atoms with Crippen LogP contribution in [0.3, 0.4) is 0 Å². The van der Waals surface area contributed by atoms with Crippen LogP contribution in [0, 0.1) is 6.92 Å². The van der Waals surface area contributed by atoms with Crippen molar-refractivity contribution in [1.29, 1.82) is 0 Å². The van der Waals surface area contributed by atoms with E-state index in [1.807, 2.05) is 6.92 Å². The van der Waals surface area contributed by atoms with Crippen molar-refractivity contribution in [1.82, 2.24) is 9.97 Å². The Morgan fingerprint density at radius 2 is 1.88 bits per heavy atom. The monoisotopic (exact) mass is 220 g/mol. The van der Waals surface area contributed by atoms with Gasteiger partial charge in [-0.1, -0.05) is 12.8 Å². The van der Waals surface area contributed by atoms with Crippen LogP contribution in [-0.4, -0.2) is 15.1 Å². The van der Waals surface area contributed by atoms with E-state index in [0.717, 1.165) is 11.4 Å². The molecule has 1 fully saturated rings. The van der Waals surface area contributed by atoms with E-state index < -0.39 is 5.60 Å². The van der Waals surface area contributed by atoms with E-state index in [1.54, 1.807) is 13.8 Å². The first kappa shape index (κ1) is 11.5. The van der Waals surface area contributed by atoms with Crippen molar-refractivity contribution >= 4 is 0 Å². The van der Waals surface area contributed by atoms with Gasteiger partial charge in [0.05, 0.1) is 0 Å². The molecule has 0 saturated heterocycles. The fraction of sp³-hybridized carbons (Fsp3) is 0.692. The zero-order valence-corrected chi connectivity index (χ0v) is 10.3. The number of hydrogen-bond acceptors (Lipinski definition) is 3. The summed E-state index contributed by atoms with van der Waals surface area (Å²) < 4.78 is 0. The van der Waals surface area contributed by atoms with Gasteiger partial charge in [-0.2, -0.15) is 0 Å². The summed E-state index contributed by atoms with van der Waals surface area (Å²) in [6.07, 6.45) is 5.04. The Kier molecular flexibility index (Phi) is 2.98. The smallest absolute Gasteiger partial charge is 0.159 e. The van der Waals surface area contributed by atoms with E-state index >= 15 is 0 Å². The minimum absolute atomic E-state index is 0.550. The molecule has 1 aromatic heterocycles. The normalized spacial score (nSPS) is 18.0. The molecule has 1 aliphatic rings. The Hall–Kier alpha value is -0.960. The van der Waals surface area contributed by atoms with Crippen molar-refractivity contribution in [3.8, 4) is 0 Å². The maximum absolute atomic E-state index is 9.96. The van der Waals surface area contributed by atoms with Crippen LogP contribution in [0.25, 0.3) is 0 Å². The van der Waals surface area contributed by atoms with Gasteiger partial charge >= 0.3 is 0 Å². The van der Waals surface area contributed by atoms with Crippen LogP contribution in [0.2, 0.25) is 0 Å². The van der Waals surface area contributed by atoms with Gasteiger partial charge < -0.3 is 5.11 Å². The van der Waals surface area contributed by atoms with Gasteiger partial charge in [-0.25, -0.2) is 9.97 Å². The van der Waals surface area contributed by atoms with Gasteiger partial charge in [-0.3, -0.25) is 0 Å². The highest BCUT2D eigenvalue weighted by Gasteiger charge is 2.24. The molecule has 88 valence electrons. The summed E-state index contributed by atoms with van der Waals surface area (Å²) in [5, 5.41) is 9.96. The van der Waals surface area contributed by atoms with Crippen molar-refractivity contribution in [2.24, 2.45) is 0 Å². The van der Waals surface area contributed by atoms with Crippen molar-refractivity contribution in [2.75, 3.05) is 0 Å². The molecule has 3 nitrogen and oxygen atoms in total. The van der Waals surface area contributed by atoms with Gasteiger partial charge in [0.15, 0.2) is 5.82 Å². The highest BCUT2D eigenvalue weighted by atomic mass is 16.3. The number of nitrogens with zero attached hydrogens (tertiary/aromatic N) is 2. The number of aromatic nitrogens is 2. The summed E-state index contributed by atoms with van der Waals surface area (Å²) in [5.41, 5.74) is 1.12. The van der Waals surface area contributed by atoms with Crippen molar-refractivity contribution in [3.05, 3.63) is 23.3 Å². The van der Waals surface area contributed by atoms with Crippen LogP contribution in [0.15, 0.2) is 6.07 Å². The summed E-state index contributed by atoms with van der Waals surface area (Å²) in [6.45, 7) is 5.44. The number of hydrogen-bond donors (Lipinski definition) is 1. The SMILES string of the molecule is Cc1cc(C2CCCC2)nc(C(C)(C)O)n1. The first-order chi connectivity index (χ1) is 7.47. The van der Waals surface area contributed by atoms with Crippen LogP contribution >= 0.6 is 0 Å². The molecule has 0 atom stereocenters. The third-order valence-electron chi connectivity index (χ3n) is 3.19. The van der Waals surface area contributed by atoms with Crippen molar-refractivity contribution in [2.45, 2.75) is 58.0 Å². The van der Waals surface area contributed by atoms with Gasteiger partial charge in [-0.15, -0.1) is 0 Å². The third-order valence-corrected chi connectivity index (χ3v) is 3.19. The lowest BCUT2D eigenvalue weighted by Crippen LogP contribution is -2.21. The van der Waals surface area contributed by atoms with E-state index in [0.29, 0.717) is 11.7 Å². The molecule has 1 saturated carbocycles. The zero-order valence-electron chi connectivity index (χ0n) is 10.3. The standard InChI is InChI=1S/C13H20N2O/c1-9-8-11(10-6-4-5-7-10)15-12(14-9)13(2,3)16/h8,10,16H,4-7H2,1-3H3. The fourth-order valence-corrected chi connectivity index (χ4v) is 2.30. The average Bonchev–Trinajstić information content (AvgIpc) is 2.68.